The molecule has 3 nitrogen and oxygen atoms in total. The number of piperidine rings is 1. The van der Waals surface area contributed by atoms with Crippen LogP contribution in [-0.2, 0) is 0 Å². The van der Waals surface area contributed by atoms with Gasteiger partial charge in [0.15, 0.2) is 0 Å². The van der Waals surface area contributed by atoms with Gasteiger partial charge in [0, 0.05) is 31.7 Å². The lowest BCUT2D eigenvalue weighted by molar-refractivity contribution is 0.194. The van der Waals surface area contributed by atoms with Crippen LogP contribution >= 0.6 is 0 Å². The molecule has 1 unspecified atom stereocenters. The van der Waals surface area contributed by atoms with E-state index in [1.165, 1.54) is 65.0 Å². The summed E-state index contributed by atoms with van der Waals surface area (Å²) >= 11 is 0. The van der Waals surface area contributed by atoms with Crippen molar-refractivity contribution in [1.29, 1.82) is 0 Å². The Labute approximate surface area is 107 Å². The van der Waals surface area contributed by atoms with Gasteiger partial charge in [0.2, 0.25) is 0 Å². The number of nitrogens with zero attached hydrogens (tertiary/aromatic N) is 2. The molecular formula is C14H29N3. The molecule has 17 heavy (non-hydrogen) atoms. The van der Waals surface area contributed by atoms with Gasteiger partial charge >= 0.3 is 0 Å². The lowest BCUT2D eigenvalue weighted by atomic mass is 10.1. The predicted molar refractivity (Wildman–Crippen MR) is 73.4 cm³/mol. The number of hydrogen-bond donors (Lipinski definition) is 1. The van der Waals surface area contributed by atoms with Gasteiger partial charge in [-0.15, -0.1) is 0 Å². The molecule has 2 fully saturated rings. The zero-order chi connectivity index (χ0) is 12.1. The molecule has 2 heterocycles. The van der Waals surface area contributed by atoms with Crippen LogP contribution in [0.4, 0.5) is 0 Å². The maximum Gasteiger partial charge on any atom is 0.0209 e. The largest absolute Gasteiger partial charge is 0.310 e. The molecule has 0 aromatic carbocycles. The summed E-state index contributed by atoms with van der Waals surface area (Å²) in [4.78, 5) is 5.28. The summed E-state index contributed by atoms with van der Waals surface area (Å²) in [6.07, 6.45) is 5.60. The fourth-order valence-corrected chi connectivity index (χ4v) is 3.11. The van der Waals surface area contributed by atoms with E-state index in [4.69, 9.17) is 0 Å². The third-order valence-electron chi connectivity index (χ3n) is 4.02. The summed E-state index contributed by atoms with van der Waals surface area (Å²) in [5.41, 5.74) is 0. The van der Waals surface area contributed by atoms with Crippen molar-refractivity contribution in [2.24, 2.45) is 0 Å². The second-order valence-electron chi connectivity index (χ2n) is 6.01. The summed E-state index contributed by atoms with van der Waals surface area (Å²) in [5, 5.41) is 3.65. The summed E-state index contributed by atoms with van der Waals surface area (Å²) in [6.45, 7) is 12.3. The van der Waals surface area contributed by atoms with Crippen molar-refractivity contribution in [3.8, 4) is 0 Å². The third kappa shape index (κ3) is 4.57. The first-order chi connectivity index (χ1) is 8.24. The van der Waals surface area contributed by atoms with E-state index in [0.717, 1.165) is 6.04 Å². The summed E-state index contributed by atoms with van der Waals surface area (Å²) < 4.78 is 0. The molecule has 0 radical (unpaired) electrons. The first kappa shape index (κ1) is 13.3. The Kier molecular flexibility index (Phi) is 5.26. The highest BCUT2D eigenvalue weighted by molar-refractivity contribution is 4.82. The lowest BCUT2D eigenvalue weighted by Crippen LogP contribution is -2.40. The van der Waals surface area contributed by atoms with Gasteiger partial charge in [-0.25, -0.2) is 0 Å². The molecule has 2 rings (SSSR count). The molecule has 100 valence electrons. The van der Waals surface area contributed by atoms with Crippen LogP contribution in [-0.4, -0.2) is 61.2 Å². The molecule has 0 spiro atoms. The fourth-order valence-electron chi connectivity index (χ4n) is 3.11. The average molecular weight is 239 g/mol. The van der Waals surface area contributed by atoms with E-state index in [-0.39, 0.29) is 0 Å². The van der Waals surface area contributed by atoms with Gasteiger partial charge in [-0.3, -0.25) is 0 Å². The Bertz CT molecular complexity index is 212. The predicted octanol–water partition coefficient (Wildman–Crippen LogP) is 1.54. The summed E-state index contributed by atoms with van der Waals surface area (Å²) in [7, 11) is 0. The number of likely N-dealkylation sites (tertiary alicyclic amines) is 2. The maximum atomic E-state index is 3.65. The van der Waals surface area contributed by atoms with Crippen molar-refractivity contribution in [1.82, 2.24) is 15.1 Å². The minimum Gasteiger partial charge on any atom is -0.310 e. The van der Waals surface area contributed by atoms with Crippen molar-refractivity contribution in [2.75, 3.05) is 39.3 Å². The van der Waals surface area contributed by atoms with E-state index in [1.54, 1.807) is 0 Å². The van der Waals surface area contributed by atoms with E-state index in [1.807, 2.05) is 0 Å². The minimum atomic E-state index is 0.627. The molecule has 2 saturated heterocycles. The maximum absolute atomic E-state index is 3.65. The highest BCUT2D eigenvalue weighted by Gasteiger charge is 2.22. The third-order valence-corrected chi connectivity index (χ3v) is 4.02. The fraction of sp³-hybridized carbons (Fsp3) is 1.00. The molecule has 1 N–H and O–H groups in total. The highest BCUT2D eigenvalue weighted by Crippen LogP contribution is 2.12. The Morgan fingerprint density at radius 3 is 2.41 bits per heavy atom. The molecule has 0 saturated carbocycles. The zero-order valence-corrected chi connectivity index (χ0v) is 11.6. The van der Waals surface area contributed by atoms with Crippen molar-refractivity contribution >= 4 is 0 Å². The quantitative estimate of drug-likeness (QED) is 0.785. The van der Waals surface area contributed by atoms with Crippen molar-refractivity contribution < 1.29 is 0 Å². The van der Waals surface area contributed by atoms with E-state index >= 15 is 0 Å². The molecule has 2 aliphatic heterocycles. The van der Waals surface area contributed by atoms with Gasteiger partial charge in [-0.1, -0.05) is 20.3 Å². The number of hydrogen-bond acceptors (Lipinski definition) is 3. The van der Waals surface area contributed by atoms with Gasteiger partial charge < -0.3 is 15.1 Å². The zero-order valence-electron chi connectivity index (χ0n) is 11.6. The molecule has 0 bridgehead atoms. The molecule has 3 heteroatoms. The van der Waals surface area contributed by atoms with Crippen molar-refractivity contribution in [3.05, 3.63) is 0 Å². The number of rotatable bonds is 5. The van der Waals surface area contributed by atoms with Gasteiger partial charge in [0.1, 0.15) is 0 Å². The van der Waals surface area contributed by atoms with Crippen LogP contribution in [0.5, 0.6) is 0 Å². The van der Waals surface area contributed by atoms with E-state index in [0.29, 0.717) is 6.04 Å². The summed E-state index contributed by atoms with van der Waals surface area (Å²) in [6, 6.07) is 1.36. The highest BCUT2D eigenvalue weighted by atomic mass is 15.2. The van der Waals surface area contributed by atoms with Gasteiger partial charge in [0.05, 0.1) is 0 Å². The van der Waals surface area contributed by atoms with Crippen LogP contribution in [0.25, 0.3) is 0 Å². The van der Waals surface area contributed by atoms with E-state index in [2.05, 4.69) is 29.0 Å². The summed E-state index contributed by atoms with van der Waals surface area (Å²) in [5.74, 6) is 0. The van der Waals surface area contributed by atoms with Crippen LogP contribution in [0.15, 0.2) is 0 Å². The first-order valence-electron chi connectivity index (χ1n) is 7.45. The van der Waals surface area contributed by atoms with Crippen LogP contribution in [0.2, 0.25) is 0 Å². The van der Waals surface area contributed by atoms with E-state index < -0.39 is 0 Å². The average Bonchev–Trinajstić information content (AvgIpc) is 2.75. The second kappa shape index (κ2) is 6.72. The van der Waals surface area contributed by atoms with Gasteiger partial charge in [0.25, 0.3) is 0 Å². The molecule has 0 aliphatic carbocycles. The molecular weight excluding hydrogens is 210 g/mol. The monoisotopic (exact) mass is 239 g/mol. The Balaban J connectivity index is 1.60. The van der Waals surface area contributed by atoms with Gasteiger partial charge in [-0.2, -0.15) is 0 Å². The topological polar surface area (TPSA) is 18.5 Å². The smallest absolute Gasteiger partial charge is 0.0209 e. The SMILES string of the molecule is CC(C)NC1CCN(CCN2CCCCC2)C1. The lowest BCUT2D eigenvalue weighted by Gasteiger charge is -2.28. The van der Waals surface area contributed by atoms with Crippen LogP contribution in [0.1, 0.15) is 39.5 Å². The van der Waals surface area contributed by atoms with Crippen LogP contribution in [0.3, 0.4) is 0 Å². The minimum absolute atomic E-state index is 0.627. The standard InChI is InChI=1S/C14H29N3/c1-13(2)15-14-6-9-17(12-14)11-10-16-7-4-3-5-8-16/h13-15H,3-12H2,1-2H3. The van der Waals surface area contributed by atoms with Crippen LogP contribution < -0.4 is 5.32 Å². The second-order valence-corrected chi connectivity index (χ2v) is 6.01. The molecule has 1 atom stereocenters. The van der Waals surface area contributed by atoms with E-state index in [9.17, 15) is 0 Å². The Morgan fingerprint density at radius 2 is 1.71 bits per heavy atom. The molecule has 0 amide bonds. The molecule has 0 aromatic heterocycles. The Hall–Kier alpha value is -0.120. The van der Waals surface area contributed by atoms with Crippen LogP contribution in [0, 0.1) is 0 Å². The van der Waals surface area contributed by atoms with Crippen molar-refractivity contribution in [2.45, 2.75) is 51.6 Å². The molecule has 2 aliphatic rings. The van der Waals surface area contributed by atoms with Gasteiger partial charge in [-0.05, 0) is 38.9 Å². The Morgan fingerprint density at radius 1 is 1.00 bits per heavy atom. The molecule has 0 aromatic rings. The first-order valence-corrected chi connectivity index (χ1v) is 7.45. The number of nitrogens with one attached hydrogen (secondary N) is 1. The normalized spacial score (nSPS) is 28.1. The van der Waals surface area contributed by atoms with Crippen molar-refractivity contribution in [3.63, 3.8) is 0 Å².